The van der Waals surface area contributed by atoms with Crippen molar-refractivity contribution >= 4 is 5.97 Å². The van der Waals surface area contributed by atoms with Gasteiger partial charge in [-0.3, -0.25) is 10.7 Å². The van der Waals surface area contributed by atoms with Crippen molar-refractivity contribution in [3.05, 3.63) is 5.92 Å². The number of hydrogen-bond acceptors (Lipinski definition) is 2. The Bertz CT molecular complexity index is 257. The van der Waals surface area contributed by atoms with Crippen LogP contribution in [0.4, 0.5) is 0 Å². The zero-order valence-corrected chi connectivity index (χ0v) is 16.4. The largest absolute Gasteiger partial charge is 0.481 e. The summed E-state index contributed by atoms with van der Waals surface area (Å²) in [7, 11) is 0. The maximum absolute atomic E-state index is 12.0. The van der Waals surface area contributed by atoms with Crippen molar-refractivity contribution < 1.29 is 42.2 Å². The molecule has 0 saturated carbocycles. The van der Waals surface area contributed by atoms with E-state index in [0.29, 0.717) is 0 Å². The summed E-state index contributed by atoms with van der Waals surface area (Å²) in [5.74, 6) is 0.615. The summed E-state index contributed by atoms with van der Waals surface area (Å²) >= 11 is 0. The predicted molar refractivity (Wildman–Crippen MR) is 72.6 cm³/mol. The van der Waals surface area contributed by atoms with Crippen molar-refractivity contribution in [2.24, 2.45) is 10.8 Å². The van der Waals surface area contributed by atoms with E-state index in [-0.39, 0.29) is 49.5 Å². The van der Waals surface area contributed by atoms with E-state index in [1.807, 2.05) is 20.8 Å². The minimum absolute atomic E-state index is 0. The van der Waals surface area contributed by atoms with Crippen LogP contribution in [0.1, 0.15) is 68.7 Å². The van der Waals surface area contributed by atoms with Gasteiger partial charge in [0, 0.05) is 43.5 Å². The van der Waals surface area contributed by atoms with Crippen LogP contribution in [0.5, 0.6) is 0 Å². The second kappa shape index (κ2) is 6.75. The van der Waals surface area contributed by atoms with E-state index >= 15 is 0 Å². The summed E-state index contributed by atoms with van der Waals surface area (Å²) in [6.45, 7) is 18.6. The Morgan fingerprint density at radius 2 is 1.33 bits per heavy atom. The molecule has 0 heterocycles. The van der Waals surface area contributed by atoms with Gasteiger partial charge in [-0.1, -0.05) is 48.5 Å². The molecule has 0 aliphatic rings. The Balaban J connectivity index is 0. The Morgan fingerprint density at radius 3 is 1.56 bits per heavy atom. The maximum atomic E-state index is 12.0. The van der Waals surface area contributed by atoms with E-state index < -0.39 is 5.60 Å². The van der Waals surface area contributed by atoms with Crippen LogP contribution in [0.25, 0.3) is 0 Å². The maximum Gasteiger partial charge on any atom is 0.170 e. The normalized spacial score (nSPS) is 12.7. The summed E-state index contributed by atoms with van der Waals surface area (Å²) in [5, 5.41) is 0. The Labute approximate surface area is 139 Å². The first-order chi connectivity index (χ1) is 7.37. The van der Waals surface area contributed by atoms with E-state index in [0.717, 1.165) is 12.3 Å². The number of rotatable bonds is 3. The van der Waals surface area contributed by atoms with Gasteiger partial charge in [0.25, 0.3) is 0 Å². The molecule has 0 rings (SSSR count). The van der Waals surface area contributed by atoms with Gasteiger partial charge in [0.15, 0.2) is 5.97 Å². The van der Waals surface area contributed by atoms with Gasteiger partial charge in [0.05, 0.1) is 0 Å². The molecular formula is C15H29O2Y-. The van der Waals surface area contributed by atoms with Crippen molar-refractivity contribution in [3.63, 3.8) is 0 Å². The van der Waals surface area contributed by atoms with Crippen LogP contribution in [0.2, 0.25) is 0 Å². The van der Waals surface area contributed by atoms with Gasteiger partial charge in [-0.15, -0.1) is 0 Å². The second-order valence-electron chi connectivity index (χ2n) is 7.06. The Kier molecular flexibility index (Phi) is 7.78. The van der Waals surface area contributed by atoms with Crippen LogP contribution < -0.4 is 0 Å². The van der Waals surface area contributed by atoms with Crippen molar-refractivity contribution in [1.82, 2.24) is 0 Å². The van der Waals surface area contributed by atoms with Crippen LogP contribution in [0.3, 0.4) is 0 Å². The molecule has 0 atom stereocenters. The smallest absolute Gasteiger partial charge is 0.170 e. The van der Waals surface area contributed by atoms with E-state index in [2.05, 4.69) is 41.5 Å². The predicted octanol–water partition coefficient (Wildman–Crippen LogP) is 4.38. The van der Waals surface area contributed by atoms with Crippen LogP contribution in [-0.2, 0) is 42.2 Å². The molecule has 0 fully saturated rings. The van der Waals surface area contributed by atoms with Gasteiger partial charge < -0.3 is 4.74 Å². The third-order valence-electron chi connectivity index (χ3n) is 4.04. The third-order valence-corrected chi connectivity index (χ3v) is 4.04. The van der Waals surface area contributed by atoms with Crippen LogP contribution in [0, 0.1) is 16.7 Å². The summed E-state index contributed by atoms with van der Waals surface area (Å²) < 4.78 is 5.84. The second-order valence-corrected chi connectivity index (χ2v) is 7.06. The van der Waals surface area contributed by atoms with Crippen LogP contribution in [0.15, 0.2) is 0 Å². The first kappa shape index (κ1) is 20.8. The van der Waals surface area contributed by atoms with E-state index in [9.17, 15) is 4.79 Å². The van der Waals surface area contributed by atoms with Crippen LogP contribution in [-0.4, -0.2) is 11.6 Å². The molecule has 0 aromatic carbocycles. The number of carbonyl (C=O) groups is 1. The molecule has 18 heavy (non-hydrogen) atoms. The van der Waals surface area contributed by atoms with Gasteiger partial charge in [-0.2, -0.15) is 13.3 Å². The number of ether oxygens (including phenoxy) is 1. The van der Waals surface area contributed by atoms with E-state index in [4.69, 9.17) is 4.74 Å². The zero-order chi connectivity index (χ0) is 14.1. The first-order valence-electron chi connectivity index (χ1n) is 6.42. The molecule has 0 aromatic rings. The average molecular weight is 330 g/mol. The molecule has 0 amide bonds. The molecule has 3 heteroatoms. The molecule has 0 unspecified atom stereocenters. The fourth-order valence-electron chi connectivity index (χ4n) is 1.85. The minimum Gasteiger partial charge on any atom is -0.481 e. The summed E-state index contributed by atoms with van der Waals surface area (Å²) in [4.78, 5) is 12.0. The Hall–Kier alpha value is 0.444. The van der Waals surface area contributed by atoms with Gasteiger partial charge in [0.1, 0.15) is 5.60 Å². The molecule has 0 aromatic heterocycles. The van der Waals surface area contributed by atoms with Gasteiger partial charge in [0.2, 0.25) is 0 Å². The topological polar surface area (TPSA) is 26.3 Å². The molecule has 105 valence electrons. The molecule has 0 aliphatic carbocycles. The third kappa shape index (κ3) is 4.52. The molecular weight excluding hydrogens is 301 g/mol. The van der Waals surface area contributed by atoms with Gasteiger partial charge in [-0.25, -0.2) is 0 Å². The number of hydrogen-bond donors (Lipinski definition) is 0. The average Bonchev–Trinajstić information content (AvgIpc) is 2.12. The summed E-state index contributed by atoms with van der Waals surface area (Å²) in [6, 6.07) is 0. The SMILES string of the molecule is CC[C-](C)C(=O)OC(C)(C(C)(C)C)C(C)(C)C.[Y]. The van der Waals surface area contributed by atoms with Crippen molar-refractivity contribution in [2.45, 2.75) is 74.3 Å². The van der Waals surface area contributed by atoms with Crippen LogP contribution >= 0.6 is 0 Å². The molecule has 0 aliphatic heterocycles. The fourth-order valence-corrected chi connectivity index (χ4v) is 1.85. The van der Waals surface area contributed by atoms with Gasteiger partial charge >= 0.3 is 0 Å². The number of carbonyl (C=O) groups excluding carboxylic acids is 1. The van der Waals surface area contributed by atoms with E-state index in [1.165, 1.54) is 0 Å². The van der Waals surface area contributed by atoms with Crippen molar-refractivity contribution in [2.75, 3.05) is 0 Å². The first-order valence-corrected chi connectivity index (χ1v) is 6.42. The zero-order valence-electron chi connectivity index (χ0n) is 13.6. The monoisotopic (exact) mass is 330 g/mol. The van der Waals surface area contributed by atoms with Gasteiger partial charge in [-0.05, 0) is 6.92 Å². The summed E-state index contributed by atoms with van der Waals surface area (Å²) in [5.41, 5.74) is -0.697. The summed E-state index contributed by atoms with van der Waals surface area (Å²) in [6.07, 6.45) is 0.739. The van der Waals surface area contributed by atoms with Crippen molar-refractivity contribution in [3.8, 4) is 0 Å². The Morgan fingerprint density at radius 1 is 1.00 bits per heavy atom. The van der Waals surface area contributed by atoms with Crippen molar-refractivity contribution in [1.29, 1.82) is 0 Å². The molecule has 0 bridgehead atoms. The molecule has 1 radical (unpaired) electrons. The molecule has 0 spiro atoms. The molecule has 0 N–H and O–H groups in total. The standard InChI is InChI=1S/C15H29O2.Y/c1-10-11(2)12(16)17-15(9,13(3,4)5)14(6,7)8;/h10H2,1-9H3;/q-1;. The fraction of sp³-hybridized carbons (Fsp3) is 0.867. The molecule has 2 nitrogen and oxygen atoms in total. The number of esters is 1. The quantitative estimate of drug-likeness (QED) is 0.567. The van der Waals surface area contributed by atoms with E-state index in [1.54, 1.807) is 0 Å². The minimum atomic E-state index is -0.493. The molecule has 0 saturated heterocycles.